The number of benzene rings is 2. The molecule has 23 heavy (non-hydrogen) atoms. The van der Waals surface area contributed by atoms with Crippen LogP contribution in [-0.4, -0.2) is 14.2 Å². The molecular weight excluding hydrogens is 307 g/mol. The Kier molecular flexibility index (Phi) is 8.28. The van der Waals surface area contributed by atoms with E-state index in [9.17, 15) is 4.57 Å². The van der Waals surface area contributed by atoms with Crippen LogP contribution in [0.15, 0.2) is 67.8 Å². The smallest absolute Gasteiger partial charge is 0.312 e. The van der Waals surface area contributed by atoms with E-state index in [0.717, 1.165) is 11.1 Å². The molecular formula is C19H23O3P. The highest BCUT2D eigenvalue weighted by Gasteiger charge is 2.21. The van der Waals surface area contributed by atoms with Gasteiger partial charge in [0.15, 0.2) is 0 Å². The summed E-state index contributed by atoms with van der Waals surface area (Å²) in [5.41, 5.74) is 3.13. The Bertz CT molecular complexity index is 640. The van der Waals surface area contributed by atoms with Gasteiger partial charge in [-0.15, -0.1) is 0 Å². The van der Waals surface area contributed by atoms with E-state index in [2.05, 4.69) is 13.2 Å². The highest BCUT2D eigenvalue weighted by Crippen LogP contribution is 2.49. The fourth-order valence-electron chi connectivity index (χ4n) is 1.78. The molecule has 0 spiro atoms. The third kappa shape index (κ3) is 6.79. The third-order valence-corrected chi connectivity index (χ3v) is 5.05. The first-order valence-electron chi connectivity index (χ1n) is 7.16. The SMILES string of the molecule is C=Cc1ccc(CP(=O)(OC)OC)cc1.C=Cc1ccccc1. The topological polar surface area (TPSA) is 35.5 Å². The minimum Gasteiger partial charge on any atom is -0.312 e. The van der Waals surface area contributed by atoms with Crippen LogP contribution in [0.1, 0.15) is 16.7 Å². The summed E-state index contributed by atoms with van der Waals surface area (Å²) >= 11 is 0. The average molecular weight is 330 g/mol. The van der Waals surface area contributed by atoms with Crippen molar-refractivity contribution in [2.24, 2.45) is 0 Å². The molecule has 0 fully saturated rings. The van der Waals surface area contributed by atoms with Crippen LogP contribution in [0, 0.1) is 0 Å². The van der Waals surface area contributed by atoms with Crippen LogP contribution in [0.2, 0.25) is 0 Å². The van der Waals surface area contributed by atoms with E-state index in [1.807, 2.05) is 60.7 Å². The van der Waals surface area contributed by atoms with Crippen molar-refractivity contribution in [2.45, 2.75) is 6.16 Å². The Hall–Kier alpha value is -1.93. The summed E-state index contributed by atoms with van der Waals surface area (Å²) in [5, 5.41) is 0. The zero-order valence-electron chi connectivity index (χ0n) is 13.6. The molecule has 0 saturated heterocycles. The van der Waals surface area contributed by atoms with Gasteiger partial charge < -0.3 is 9.05 Å². The molecule has 3 nitrogen and oxygen atoms in total. The average Bonchev–Trinajstić information content (AvgIpc) is 2.63. The molecule has 0 aromatic heterocycles. The summed E-state index contributed by atoms with van der Waals surface area (Å²) in [6, 6.07) is 17.6. The number of rotatable bonds is 6. The maximum atomic E-state index is 11.8. The summed E-state index contributed by atoms with van der Waals surface area (Å²) in [5.74, 6) is 0. The quantitative estimate of drug-likeness (QED) is 0.642. The lowest BCUT2D eigenvalue weighted by atomic mass is 10.1. The summed E-state index contributed by atoms with van der Waals surface area (Å²) in [4.78, 5) is 0. The first kappa shape index (κ1) is 19.1. The van der Waals surface area contributed by atoms with E-state index < -0.39 is 7.60 Å². The number of hydrogen-bond acceptors (Lipinski definition) is 3. The van der Waals surface area contributed by atoms with E-state index in [0.29, 0.717) is 0 Å². The van der Waals surface area contributed by atoms with Gasteiger partial charge in [0.2, 0.25) is 0 Å². The Balaban J connectivity index is 0.000000277. The van der Waals surface area contributed by atoms with Crippen LogP contribution in [0.4, 0.5) is 0 Å². The van der Waals surface area contributed by atoms with Crippen LogP contribution in [0.3, 0.4) is 0 Å². The van der Waals surface area contributed by atoms with E-state index in [4.69, 9.17) is 9.05 Å². The van der Waals surface area contributed by atoms with Gasteiger partial charge in [-0.2, -0.15) is 0 Å². The molecule has 0 aliphatic carbocycles. The molecule has 4 heteroatoms. The molecule has 2 rings (SSSR count). The Morgan fingerprint density at radius 2 is 1.35 bits per heavy atom. The molecule has 0 bridgehead atoms. The maximum absolute atomic E-state index is 11.8. The van der Waals surface area contributed by atoms with Crippen molar-refractivity contribution in [3.8, 4) is 0 Å². The van der Waals surface area contributed by atoms with Crippen LogP contribution < -0.4 is 0 Å². The van der Waals surface area contributed by atoms with Crippen LogP contribution in [-0.2, 0) is 19.8 Å². The normalized spacial score (nSPS) is 10.3. The molecule has 2 aromatic rings. The van der Waals surface area contributed by atoms with E-state index in [1.54, 1.807) is 6.08 Å². The molecule has 0 radical (unpaired) electrons. The van der Waals surface area contributed by atoms with Crippen molar-refractivity contribution in [2.75, 3.05) is 14.2 Å². The molecule has 2 aromatic carbocycles. The van der Waals surface area contributed by atoms with Crippen LogP contribution in [0.5, 0.6) is 0 Å². The van der Waals surface area contributed by atoms with Crippen molar-refractivity contribution in [3.63, 3.8) is 0 Å². The van der Waals surface area contributed by atoms with Gasteiger partial charge in [0.1, 0.15) is 0 Å². The first-order valence-corrected chi connectivity index (χ1v) is 8.89. The monoisotopic (exact) mass is 330 g/mol. The molecule has 0 aliphatic rings. The van der Waals surface area contributed by atoms with Gasteiger partial charge in [0.25, 0.3) is 0 Å². The predicted octanol–water partition coefficient (Wildman–Crippen LogP) is 5.65. The maximum Gasteiger partial charge on any atom is 0.334 e. The highest BCUT2D eigenvalue weighted by atomic mass is 31.2. The third-order valence-electron chi connectivity index (χ3n) is 3.18. The Morgan fingerprint density at radius 3 is 1.74 bits per heavy atom. The van der Waals surface area contributed by atoms with Gasteiger partial charge in [-0.05, 0) is 16.7 Å². The standard InChI is InChI=1S/C11H15O3P.C8H8/c1-4-10-5-7-11(8-6-10)9-15(12,13-2)14-3;1-2-8-6-4-3-5-7-8/h4-8H,1,9H2,2-3H3;2-7H,1H2. The van der Waals surface area contributed by atoms with Crippen molar-refractivity contribution in [1.82, 2.24) is 0 Å². The van der Waals surface area contributed by atoms with E-state index in [-0.39, 0.29) is 6.16 Å². The lowest BCUT2D eigenvalue weighted by Crippen LogP contribution is -1.93. The lowest BCUT2D eigenvalue weighted by molar-refractivity contribution is 0.275. The lowest BCUT2D eigenvalue weighted by Gasteiger charge is -2.13. The minimum absolute atomic E-state index is 0.289. The fraction of sp³-hybridized carbons (Fsp3) is 0.158. The first-order chi connectivity index (χ1) is 11.1. The molecule has 0 N–H and O–H groups in total. The van der Waals surface area contributed by atoms with Crippen molar-refractivity contribution in [3.05, 3.63) is 84.4 Å². The summed E-state index contributed by atoms with van der Waals surface area (Å²) in [6.07, 6.45) is 3.88. The molecule has 0 saturated carbocycles. The molecule has 0 aliphatic heterocycles. The second-order valence-electron chi connectivity index (χ2n) is 4.69. The molecule has 0 amide bonds. The van der Waals surface area contributed by atoms with Gasteiger partial charge in [-0.25, -0.2) is 0 Å². The van der Waals surface area contributed by atoms with Crippen LogP contribution in [0.25, 0.3) is 12.2 Å². The molecule has 122 valence electrons. The fourth-order valence-corrected chi connectivity index (χ4v) is 2.84. The largest absolute Gasteiger partial charge is 0.334 e. The molecule has 0 atom stereocenters. The van der Waals surface area contributed by atoms with Crippen molar-refractivity contribution >= 4 is 19.7 Å². The predicted molar refractivity (Wildman–Crippen MR) is 98.4 cm³/mol. The summed E-state index contributed by atoms with van der Waals surface area (Å²) < 4.78 is 21.5. The van der Waals surface area contributed by atoms with Crippen LogP contribution >= 0.6 is 7.60 Å². The molecule has 0 heterocycles. The zero-order valence-corrected chi connectivity index (χ0v) is 14.5. The van der Waals surface area contributed by atoms with Gasteiger partial charge >= 0.3 is 7.60 Å². The van der Waals surface area contributed by atoms with Gasteiger partial charge in [-0.1, -0.05) is 79.9 Å². The van der Waals surface area contributed by atoms with E-state index in [1.165, 1.54) is 19.8 Å². The van der Waals surface area contributed by atoms with Gasteiger partial charge in [0, 0.05) is 14.2 Å². The minimum atomic E-state index is -2.95. The molecule has 0 unspecified atom stereocenters. The van der Waals surface area contributed by atoms with Gasteiger partial charge in [-0.3, -0.25) is 4.57 Å². The summed E-state index contributed by atoms with van der Waals surface area (Å²) in [7, 11) is -0.170. The second kappa shape index (κ2) is 9.96. The summed E-state index contributed by atoms with van der Waals surface area (Å²) in [6.45, 7) is 7.29. The van der Waals surface area contributed by atoms with Gasteiger partial charge in [0.05, 0.1) is 6.16 Å². The van der Waals surface area contributed by atoms with Crippen molar-refractivity contribution < 1.29 is 13.6 Å². The second-order valence-corrected chi connectivity index (χ2v) is 6.96. The highest BCUT2D eigenvalue weighted by molar-refractivity contribution is 7.52. The Morgan fingerprint density at radius 1 is 0.870 bits per heavy atom. The Labute approximate surface area is 138 Å². The zero-order chi connectivity index (χ0) is 17.1. The van der Waals surface area contributed by atoms with E-state index >= 15 is 0 Å². The number of hydrogen-bond donors (Lipinski definition) is 0. The van der Waals surface area contributed by atoms with Crippen molar-refractivity contribution in [1.29, 1.82) is 0 Å².